The molecule has 128 valence electrons. The minimum Gasteiger partial charge on any atom is -0.463 e. The molecule has 24 heavy (non-hydrogen) atoms. The normalized spacial score (nSPS) is 26.2. The van der Waals surface area contributed by atoms with E-state index in [-0.39, 0.29) is 18.1 Å². The molecule has 0 bridgehead atoms. The Balaban J connectivity index is 2.18. The summed E-state index contributed by atoms with van der Waals surface area (Å²) >= 11 is 0. The minimum absolute atomic E-state index is 0.162. The van der Waals surface area contributed by atoms with E-state index < -0.39 is 23.4 Å². The number of hydrogen-bond acceptors (Lipinski definition) is 5. The van der Waals surface area contributed by atoms with Gasteiger partial charge in [0.05, 0.1) is 17.6 Å². The number of ether oxygens (including phenoxy) is 1. The molecule has 2 aromatic rings. The monoisotopic (exact) mass is 331 g/mol. The van der Waals surface area contributed by atoms with E-state index in [0.717, 1.165) is 0 Å². The molecule has 0 amide bonds. The zero-order valence-electron chi connectivity index (χ0n) is 13.9. The van der Waals surface area contributed by atoms with Crippen LogP contribution >= 0.6 is 0 Å². The lowest BCUT2D eigenvalue weighted by molar-refractivity contribution is -0.163. The Kier molecular flexibility index (Phi) is 4.04. The van der Waals surface area contributed by atoms with Crippen LogP contribution in [0.5, 0.6) is 0 Å². The van der Waals surface area contributed by atoms with Gasteiger partial charge in [-0.1, -0.05) is 6.07 Å². The first kappa shape index (κ1) is 16.4. The molecule has 0 spiro atoms. The zero-order valence-corrected chi connectivity index (χ0v) is 13.9. The Morgan fingerprint density at radius 2 is 2.21 bits per heavy atom. The number of carbonyl (C=O) groups is 1. The summed E-state index contributed by atoms with van der Waals surface area (Å²) in [6, 6.07) is 3.54. The predicted molar refractivity (Wildman–Crippen MR) is 86.5 cm³/mol. The number of aromatic nitrogens is 3. The molecular formula is C17H21N3O4. The van der Waals surface area contributed by atoms with Crippen molar-refractivity contribution < 1.29 is 14.6 Å². The lowest BCUT2D eigenvalue weighted by Crippen LogP contribution is -2.50. The molecule has 7 nitrogen and oxygen atoms in total. The summed E-state index contributed by atoms with van der Waals surface area (Å²) in [6.07, 6.45) is 3.08. The van der Waals surface area contributed by atoms with Gasteiger partial charge >= 0.3 is 5.97 Å². The fourth-order valence-electron chi connectivity index (χ4n) is 3.48. The van der Waals surface area contributed by atoms with Gasteiger partial charge in [-0.2, -0.15) is 0 Å². The number of aromatic amines is 2. The van der Waals surface area contributed by atoms with Crippen LogP contribution in [0.1, 0.15) is 43.5 Å². The van der Waals surface area contributed by atoms with Crippen molar-refractivity contribution in [2.45, 2.75) is 44.8 Å². The molecule has 0 unspecified atom stereocenters. The second kappa shape index (κ2) is 5.90. The number of fused-ring (bicyclic) bond motifs is 1. The summed E-state index contributed by atoms with van der Waals surface area (Å²) in [7, 11) is 0. The highest BCUT2D eigenvalue weighted by Crippen LogP contribution is 2.44. The van der Waals surface area contributed by atoms with Crippen LogP contribution < -0.4 is 5.56 Å². The van der Waals surface area contributed by atoms with Crippen molar-refractivity contribution in [1.29, 1.82) is 0 Å². The van der Waals surface area contributed by atoms with Crippen molar-refractivity contribution in [1.82, 2.24) is 15.2 Å². The van der Waals surface area contributed by atoms with Gasteiger partial charge in [0.15, 0.2) is 0 Å². The second-order valence-electron chi connectivity index (χ2n) is 6.73. The van der Waals surface area contributed by atoms with Gasteiger partial charge in [-0.25, -0.2) is 0 Å². The standard InChI is InChI=1S/C17H21N3O4/c1-9(2)24-16(22)14-12(10-5-4-6-18-8-10)13-11(7-17(14,3)23)19-20-15(13)21/h4-6,8-9,12,14,23H,7H2,1-3H3,(H2,19,20,21)/t12-,14+,17+/m0/s1. The molecule has 3 atom stereocenters. The number of nitrogens with one attached hydrogen (secondary N) is 2. The minimum atomic E-state index is -1.36. The maximum atomic E-state index is 12.7. The summed E-state index contributed by atoms with van der Waals surface area (Å²) < 4.78 is 5.37. The summed E-state index contributed by atoms with van der Waals surface area (Å²) in [4.78, 5) is 29.1. The molecule has 7 heteroatoms. The van der Waals surface area contributed by atoms with Crippen LogP contribution in [0.4, 0.5) is 0 Å². The van der Waals surface area contributed by atoms with E-state index in [1.807, 2.05) is 0 Å². The van der Waals surface area contributed by atoms with Crippen LogP contribution in [0.15, 0.2) is 29.3 Å². The largest absolute Gasteiger partial charge is 0.463 e. The summed E-state index contributed by atoms with van der Waals surface area (Å²) in [5, 5.41) is 16.3. The Bertz CT molecular complexity index is 792. The van der Waals surface area contributed by atoms with Crippen molar-refractivity contribution >= 4 is 5.97 Å². The first-order valence-electron chi connectivity index (χ1n) is 7.93. The number of nitrogens with zero attached hydrogens (tertiary/aromatic N) is 1. The molecule has 0 aliphatic heterocycles. The lowest BCUT2D eigenvalue weighted by atomic mass is 9.66. The second-order valence-corrected chi connectivity index (χ2v) is 6.73. The van der Waals surface area contributed by atoms with E-state index >= 15 is 0 Å². The van der Waals surface area contributed by atoms with Gasteiger partial charge in [-0.15, -0.1) is 0 Å². The third-order valence-corrected chi connectivity index (χ3v) is 4.39. The van der Waals surface area contributed by atoms with Crippen LogP contribution in [0.3, 0.4) is 0 Å². The van der Waals surface area contributed by atoms with Crippen LogP contribution in [0.25, 0.3) is 0 Å². The van der Waals surface area contributed by atoms with E-state index in [0.29, 0.717) is 16.8 Å². The van der Waals surface area contributed by atoms with Gasteiger partial charge in [0, 0.05) is 36.0 Å². The number of rotatable bonds is 3. The van der Waals surface area contributed by atoms with Crippen molar-refractivity contribution in [2.75, 3.05) is 0 Å². The molecule has 0 fully saturated rings. The third kappa shape index (κ3) is 2.75. The molecule has 3 N–H and O–H groups in total. The summed E-state index contributed by atoms with van der Waals surface area (Å²) in [5.74, 6) is -2.04. The Morgan fingerprint density at radius 1 is 1.46 bits per heavy atom. The maximum absolute atomic E-state index is 12.7. The highest BCUT2D eigenvalue weighted by Gasteiger charge is 2.51. The molecule has 2 aromatic heterocycles. The first-order chi connectivity index (χ1) is 11.3. The summed E-state index contributed by atoms with van der Waals surface area (Å²) in [5.41, 5.74) is 0.101. The van der Waals surface area contributed by atoms with Crippen molar-refractivity contribution in [3.05, 3.63) is 51.7 Å². The Morgan fingerprint density at radius 3 is 2.83 bits per heavy atom. The topological polar surface area (TPSA) is 108 Å². The third-order valence-electron chi connectivity index (χ3n) is 4.39. The fraction of sp³-hybridized carbons (Fsp3) is 0.471. The molecule has 2 heterocycles. The average Bonchev–Trinajstić information content (AvgIpc) is 2.85. The van der Waals surface area contributed by atoms with E-state index in [9.17, 15) is 14.7 Å². The van der Waals surface area contributed by atoms with E-state index in [1.165, 1.54) is 0 Å². The highest BCUT2D eigenvalue weighted by atomic mass is 16.5. The molecule has 0 aromatic carbocycles. The van der Waals surface area contributed by atoms with E-state index in [1.54, 1.807) is 45.3 Å². The molecule has 1 aliphatic rings. The molecule has 0 radical (unpaired) electrons. The molecule has 0 saturated carbocycles. The smallest absolute Gasteiger partial charge is 0.313 e. The molecule has 0 saturated heterocycles. The predicted octanol–water partition coefficient (Wildman–Crippen LogP) is 1.10. The Hall–Kier alpha value is -2.41. The van der Waals surface area contributed by atoms with E-state index in [4.69, 9.17) is 4.74 Å². The van der Waals surface area contributed by atoms with Crippen LogP contribution in [-0.4, -0.2) is 38.0 Å². The van der Waals surface area contributed by atoms with Gasteiger partial charge in [0.25, 0.3) is 5.56 Å². The quantitative estimate of drug-likeness (QED) is 0.730. The zero-order chi connectivity index (χ0) is 17.5. The number of esters is 1. The van der Waals surface area contributed by atoms with Gasteiger partial charge in [0.1, 0.15) is 0 Å². The van der Waals surface area contributed by atoms with Gasteiger partial charge in [-0.3, -0.25) is 19.7 Å². The van der Waals surface area contributed by atoms with Crippen LogP contribution in [-0.2, 0) is 16.0 Å². The molecule has 1 aliphatic carbocycles. The lowest BCUT2D eigenvalue weighted by Gasteiger charge is -2.40. The van der Waals surface area contributed by atoms with Crippen molar-refractivity contribution in [2.24, 2.45) is 5.92 Å². The number of pyridine rings is 1. The van der Waals surface area contributed by atoms with Gasteiger partial charge < -0.3 is 14.9 Å². The van der Waals surface area contributed by atoms with Gasteiger partial charge in [0.2, 0.25) is 0 Å². The van der Waals surface area contributed by atoms with Crippen LogP contribution in [0, 0.1) is 5.92 Å². The molecule has 3 rings (SSSR count). The Labute approximate surface area is 139 Å². The first-order valence-corrected chi connectivity index (χ1v) is 7.93. The highest BCUT2D eigenvalue weighted by molar-refractivity contribution is 5.77. The SMILES string of the molecule is CC(C)OC(=O)[C@H]1[C@@H](c2cccnc2)c2c([nH][nH]c2=O)C[C@@]1(C)O. The number of H-pyrrole nitrogens is 2. The maximum Gasteiger partial charge on any atom is 0.313 e. The number of aliphatic hydroxyl groups is 1. The molecular weight excluding hydrogens is 310 g/mol. The fourth-order valence-corrected chi connectivity index (χ4v) is 3.48. The van der Waals surface area contributed by atoms with Gasteiger partial charge in [-0.05, 0) is 32.4 Å². The van der Waals surface area contributed by atoms with E-state index in [2.05, 4.69) is 15.2 Å². The summed E-state index contributed by atoms with van der Waals surface area (Å²) in [6.45, 7) is 5.10. The van der Waals surface area contributed by atoms with Crippen molar-refractivity contribution in [3.8, 4) is 0 Å². The number of carbonyl (C=O) groups excluding carboxylic acids is 1. The van der Waals surface area contributed by atoms with Crippen LogP contribution in [0.2, 0.25) is 0 Å². The van der Waals surface area contributed by atoms with Crippen molar-refractivity contribution in [3.63, 3.8) is 0 Å². The number of hydrogen-bond donors (Lipinski definition) is 3. The average molecular weight is 331 g/mol.